The molecule has 37 heavy (non-hydrogen) atoms. The van der Waals surface area contributed by atoms with E-state index in [1.165, 1.54) is 0 Å². The van der Waals surface area contributed by atoms with Gasteiger partial charge in [-0.3, -0.25) is 8.37 Å². The molecule has 3 unspecified atom stereocenters. The molecule has 0 radical (unpaired) electrons. The Labute approximate surface area is 224 Å². The smallest absolute Gasteiger partial charge is 0.314 e. The van der Waals surface area contributed by atoms with Crippen LogP contribution in [0.25, 0.3) is 0 Å². The number of hydrogen-bond donors (Lipinski definition) is 0. The molecule has 0 amide bonds. The predicted octanol–water partition coefficient (Wildman–Crippen LogP) is 6.16. The van der Waals surface area contributed by atoms with E-state index in [-0.39, 0.29) is 18.4 Å². The highest BCUT2D eigenvalue weighted by Gasteiger charge is 2.44. The van der Waals surface area contributed by atoms with Gasteiger partial charge in [0.05, 0.1) is 12.2 Å². The van der Waals surface area contributed by atoms with Gasteiger partial charge in [0.25, 0.3) is 25.6 Å². The van der Waals surface area contributed by atoms with Gasteiger partial charge in [0, 0.05) is 13.3 Å². The third-order valence-corrected chi connectivity index (χ3v) is 12.4. The lowest BCUT2D eigenvalue weighted by atomic mass is 9.98. The summed E-state index contributed by atoms with van der Waals surface area (Å²) in [5.74, 6) is -1.34. The van der Waals surface area contributed by atoms with Crippen LogP contribution in [0.3, 0.4) is 0 Å². The molecule has 2 aliphatic rings. The number of hydrogen-bond acceptors (Lipinski definition) is 10. The maximum Gasteiger partial charge on any atom is 0.509 e. The van der Waals surface area contributed by atoms with Crippen LogP contribution >= 0.6 is 15.8 Å². The summed E-state index contributed by atoms with van der Waals surface area (Å²) < 4.78 is 94.8. The van der Waals surface area contributed by atoms with Crippen LogP contribution in [-0.4, -0.2) is 58.6 Å². The van der Waals surface area contributed by atoms with Crippen molar-refractivity contribution < 1.29 is 43.6 Å². The molecule has 3 atom stereocenters. The van der Waals surface area contributed by atoms with Crippen LogP contribution in [0.15, 0.2) is 0 Å². The quantitative estimate of drug-likeness (QED) is 0.101. The van der Waals surface area contributed by atoms with Crippen molar-refractivity contribution in [2.24, 2.45) is 0 Å². The second kappa shape index (κ2) is 16.3. The van der Waals surface area contributed by atoms with Crippen molar-refractivity contribution >= 4 is 36.1 Å². The van der Waals surface area contributed by atoms with Crippen LogP contribution in [0, 0.1) is 0 Å². The monoisotopic (exact) mass is 606 g/mol. The van der Waals surface area contributed by atoms with Gasteiger partial charge in [0.15, 0.2) is 12.1 Å². The molecule has 216 valence electrons. The summed E-state index contributed by atoms with van der Waals surface area (Å²) in [6, 6.07) is 0. The van der Waals surface area contributed by atoms with Gasteiger partial charge in [-0.05, 0) is 49.5 Å². The Morgan fingerprint density at radius 1 is 0.730 bits per heavy atom. The zero-order chi connectivity index (χ0) is 27.4. The summed E-state index contributed by atoms with van der Waals surface area (Å²) in [6.45, 7) is 3.46. The van der Waals surface area contributed by atoms with E-state index in [2.05, 4.69) is 0 Å². The van der Waals surface area contributed by atoms with Crippen molar-refractivity contribution in [3.63, 3.8) is 0 Å². The first-order chi connectivity index (χ1) is 17.4. The maximum absolute atomic E-state index is 12.9. The normalized spacial score (nSPS) is 20.9. The van der Waals surface area contributed by atoms with Gasteiger partial charge in [-0.1, -0.05) is 50.0 Å². The second-order valence-corrected chi connectivity index (χ2v) is 16.7. The Balaban J connectivity index is 1.63. The minimum Gasteiger partial charge on any atom is -0.314 e. The van der Waals surface area contributed by atoms with Crippen molar-refractivity contribution in [2.75, 3.05) is 24.2 Å². The van der Waals surface area contributed by atoms with Gasteiger partial charge in [0.1, 0.15) is 6.16 Å². The van der Waals surface area contributed by atoms with Gasteiger partial charge < -0.3 is 4.74 Å². The highest BCUT2D eigenvalue weighted by atomic mass is 32.2. The fourth-order valence-corrected chi connectivity index (χ4v) is 9.40. The van der Waals surface area contributed by atoms with Crippen LogP contribution < -0.4 is 0 Å². The number of unbranched alkanes of at least 4 members (excludes halogenated alkanes) is 2. The summed E-state index contributed by atoms with van der Waals surface area (Å²) in [5, 5.41) is -1.08. The Hall–Kier alpha value is -0.0600. The fourth-order valence-electron chi connectivity index (χ4n) is 4.44. The first kappa shape index (κ1) is 33.1. The predicted molar refractivity (Wildman–Crippen MR) is 143 cm³/mol. The van der Waals surface area contributed by atoms with Crippen LogP contribution in [-0.2, 0) is 47.0 Å². The summed E-state index contributed by atoms with van der Waals surface area (Å²) >= 11 is 0. The molecule has 0 aromatic carbocycles. The average Bonchev–Trinajstić information content (AvgIpc) is 2.86. The van der Waals surface area contributed by atoms with Crippen molar-refractivity contribution in [3.05, 3.63) is 0 Å². The first-order valence-corrected chi connectivity index (χ1v) is 19.4. The summed E-state index contributed by atoms with van der Waals surface area (Å²) in [7, 11) is -11.7. The van der Waals surface area contributed by atoms with Crippen LogP contribution in [0.1, 0.15) is 104 Å². The van der Waals surface area contributed by atoms with E-state index in [0.717, 1.165) is 51.4 Å². The van der Waals surface area contributed by atoms with Crippen LogP contribution in [0.2, 0.25) is 0 Å². The van der Waals surface area contributed by atoms with E-state index in [9.17, 15) is 26.0 Å². The molecule has 0 bridgehead atoms. The molecule has 14 heteroatoms. The molecular weight excluding hydrogens is 562 g/mol. The van der Waals surface area contributed by atoms with Crippen molar-refractivity contribution in [1.29, 1.82) is 0 Å². The number of ether oxygens (including phenoxy) is 1. The van der Waals surface area contributed by atoms with Gasteiger partial charge in [0.2, 0.25) is 5.94 Å². The van der Waals surface area contributed by atoms with E-state index in [1.807, 2.05) is 0 Å². The summed E-state index contributed by atoms with van der Waals surface area (Å²) in [5.41, 5.74) is 0. The lowest BCUT2D eigenvalue weighted by molar-refractivity contribution is 0.0502. The Morgan fingerprint density at radius 3 is 1.73 bits per heavy atom. The molecule has 0 heterocycles. The van der Waals surface area contributed by atoms with Gasteiger partial charge >= 0.3 is 15.8 Å². The molecule has 2 fully saturated rings. The Kier molecular flexibility index (Phi) is 14.6. The van der Waals surface area contributed by atoms with Crippen molar-refractivity contribution in [3.8, 4) is 0 Å². The van der Waals surface area contributed by atoms with E-state index in [0.29, 0.717) is 44.7 Å². The molecule has 2 aliphatic carbocycles. The maximum atomic E-state index is 12.9. The van der Waals surface area contributed by atoms with E-state index >= 15 is 0 Å². The highest BCUT2D eigenvalue weighted by Crippen LogP contribution is 2.43. The molecule has 0 saturated heterocycles. The van der Waals surface area contributed by atoms with E-state index in [4.69, 9.17) is 17.6 Å². The molecule has 2 rings (SSSR count). The highest BCUT2D eigenvalue weighted by molar-refractivity contribution is 7.86. The fraction of sp³-hybridized carbons (Fsp3) is 1.00. The third-order valence-electron chi connectivity index (χ3n) is 6.91. The Bertz CT molecular complexity index is 929. The molecular formula is C23H44O10P2S2+2. The third kappa shape index (κ3) is 13.2. The standard InChI is InChI=1S/C23H44O10P2S2/c1-3-23(2,30-19-36(26,27)32-21-13-7-4-8-14-21)34(24)17-11-6-12-18-35(25)31-20-37(28,29)33-22-15-9-5-10-16-22/h21-22H,3-20H2,1-2H3/q+2. The van der Waals surface area contributed by atoms with E-state index < -0.39 is 53.3 Å². The Morgan fingerprint density at radius 2 is 1.22 bits per heavy atom. The zero-order valence-corrected chi connectivity index (χ0v) is 25.6. The molecule has 2 saturated carbocycles. The molecule has 0 spiro atoms. The largest absolute Gasteiger partial charge is 0.509 e. The topological polar surface area (TPSA) is 139 Å². The average molecular weight is 607 g/mol. The van der Waals surface area contributed by atoms with Gasteiger partial charge in [-0.2, -0.15) is 16.8 Å². The summed E-state index contributed by atoms with van der Waals surface area (Å²) in [4.78, 5) is 0. The molecule has 10 nitrogen and oxygen atoms in total. The van der Waals surface area contributed by atoms with Crippen molar-refractivity contribution in [2.45, 2.75) is 121 Å². The second-order valence-electron chi connectivity index (χ2n) is 10.1. The van der Waals surface area contributed by atoms with Gasteiger partial charge in [-0.25, -0.2) is 0 Å². The van der Waals surface area contributed by atoms with Gasteiger partial charge in [-0.15, -0.1) is 4.52 Å². The van der Waals surface area contributed by atoms with Crippen LogP contribution in [0.4, 0.5) is 0 Å². The number of rotatable bonds is 18. The zero-order valence-electron chi connectivity index (χ0n) is 22.2. The lowest BCUT2D eigenvalue weighted by Gasteiger charge is -2.23. The SMILES string of the molecule is CCC(C)(OCS(=O)(=O)OC1CCCCC1)[P+](=O)CCCCC[P+](=O)OCS(=O)(=O)OC1CCCCC1. The molecule has 0 aromatic rings. The van der Waals surface area contributed by atoms with E-state index in [1.54, 1.807) is 13.8 Å². The minimum absolute atomic E-state index is 0.198. The lowest BCUT2D eigenvalue weighted by Crippen LogP contribution is -2.30. The van der Waals surface area contributed by atoms with Crippen LogP contribution in [0.5, 0.6) is 0 Å². The minimum atomic E-state index is -3.88. The summed E-state index contributed by atoms with van der Waals surface area (Å²) in [6.07, 6.45) is 10.8. The first-order valence-electron chi connectivity index (χ1n) is 13.4. The van der Waals surface area contributed by atoms with Crippen molar-refractivity contribution in [1.82, 2.24) is 0 Å². The molecule has 0 aromatic heterocycles. The molecule has 0 aliphatic heterocycles. The molecule has 0 N–H and O–H groups in total.